The fraction of sp³-hybridized carbons (Fsp3) is 0.429. The Morgan fingerprint density at radius 2 is 2.23 bits per heavy atom. The number of halogens is 1. The maximum atomic E-state index is 10.9. The average Bonchev–Trinajstić information content (AvgIpc) is 2.01. The minimum Gasteiger partial charge on any atom is -0.240 e. The Kier molecular flexibility index (Phi) is 3.22. The van der Waals surface area contributed by atoms with Crippen molar-refractivity contribution in [1.82, 2.24) is 9.97 Å². The van der Waals surface area contributed by atoms with Crippen molar-refractivity contribution in [3.8, 4) is 0 Å². The van der Waals surface area contributed by atoms with Crippen LogP contribution in [0.2, 0.25) is 0 Å². The third kappa shape index (κ3) is 3.69. The number of alkyl halides is 1. The molecule has 72 valence electrons. The quantitative estimate of drug-likeness (QED) is 0.706. The van der Waals surface area contributed by atoms with Gasteiger partial charge in [0.2, 0.25) is 0 Å². The summed E-state index contributed by atoms with van der Waals surface area (Å²) in [5.74, 6) is 0.414. The summed E-state index contributed by atoms with van der Waals surface area (Å²) in [5, 5.41) is 0. The van der Waals surface area contributed by atoms with E-state index >= 15 is 0 Å². The van der Waals surface area contributed by atoms with Crippen molar-refractivity contribution in [2.75, 3.05) is 6.26 Å². The maximum Gasteiger partial charge on any atom is 0.154 e. The summed E-state index contributed by atoms with van der Waals surface area (Å²) in [4.78, 5) is 7.78. The van der Waals surface area contributed by atoms with E-state index in [0.29, 0.717) is 11.5 Å². The Balaban J connectivity index is 2.90. The molecule has 0 saturated heterocycles. The van der Waals surface area contributed by atoms with E-state index in [0.717, 1.165) is 6.26 Å². The van der Waals surface area contributed by atoms with Crippen LogP contribution >= 0.6 is 11.6 Å². The Hall–Kier alpha value is -0.680. The van der Waals surface area contributed by atoms with E-state index < -0.39 is 9.84 Å². The van der Waals surface area contributed by atoms with Gasteiger partial charge in [-0.1, -0.05) is 0 Å². The second kappa shape index (κ2) is 4.02. The molecule has 0 bridgehead atoms. The lowest BCUT2D eigenvalue weighted by Crippen LogP contribution is -2.05. The zero-order chi connectivity index (χ0) is 9.90. The SMILES string of the molecule is CS(=O)(=O)Cc1nccc(CCl)n1. The van der Waals surface area contributed by atoms with E-state index in [9.17, 15) is 8.42 Å². The van der Waals surface area contributed by atoms with E-state index in [1.54, 1.807) is 6.07 Å². The molecule has 0 aliphatic rings. The highest BCUT2D eigenvalue weighted by Gasteiger charge is 2.07. The number of sulfone groups is 1. The standard InChI is InChI=1S/C7H9ClN2O2S/c1-13(11,12)5-7-9-3-2-6(4-8)10-7/h2-3H,4-5H2,1H3. The molecule has 0 fully saturated rings. The van der Waals surface area contributed by atoms with Crippen LogP contribution in [0.5, 0.6) is 0 Å². The van der Waals surface area contributed by atoms with Gasteiger partial charge in [-0.05, 0) is 6.07 Å². The molecule has 0 unspecified atom stereocenters. The topological polar surface area (TPSA) is 59.9 Å². The van der Waals surface area contributed by atoms with Crippen LogP contribution in [0.15, 0.2) is 12.3 Å². The predicted octanol–water partition coefficient (Wildman–Crippen LogP) is 0.760. The van der Waals surface area contributed by atoms with Gasteiger partial charge < -0.3 is 0 Å². The molecular formula is C7H9ClN2O2S. The van der Waals surface area contributed by atoms with Gasteiger partial charge >= 0.3 is 0 Å². The Labute approximate surface area is 81.9 Å². The smallest absolute Gasteiger partial charge is 0.154 e. The summed E-state index contributed by atoms with van der Waals surface area (Å²) in [5.41, 5.74) is 0.635. The number of nitrogens with zero attached hydrogens (tertiary/aromatic N) is 2. The fourth-order valence-electron chi connectivity index (χ4n) is 0.820. The second-order valence-electron chi connectivity index (χ2n) is 2.67. The molecule has 0 radical (unpaired) electrons. The van der Waals surface area contributed by atoms with Crippen LogP contribution in [0.1, 0.15) is 11.5 Å². The Morgan fingerprint density at radius 1 is 1.54 bits per heavy atom. The molecule has 0 N–H and O–H groups in total. The largest absolute Gasteiger partial charge is 0.240 e. The minimum atomic E-state index is -3.07. The molecule has 1 rings (SSSR count). The zero-order valence-corrected chi connectivity index (χ0v) is 8.64. The lowest BCUT2D eigenvalue weighted by atomic mass is 10.4. The first-order valence-corrected chi connectivity index (χ1v) is 6.15. The molecule has 0 atom stereocenters. The predicted molar refractivity (Wildman–Crippen MR) is 50.1 cm³/mol. The summed E-state index contributed by atoms with van der Waals surface area (Å²) in [6, 6.07) is 1.65. The van der Waals surface area contributed by atoms with Crippen molar-refractivity contribution in [1.29, 1.82) is 0 Å². The number of hydrogen-bond acceptors (Lipinski definition) is 4. The van der Waals surface area contributed by atoms with Crippen molar-refractivity contribution >= 4 is 21.4 Å². The van der Waals surface area contributed by atoms with E-state index in [2.05, 4.69) is 9.97 Å². The van der Waals surface area contributed by atoms with Crippen molar-refractivity contribution in [2.45, 2.75) is 11.6 Å². The molecule has 1 aromatic heterocycles. The van der Waals surface area contributed by atoms with Gasteiger partial charge in [0, 0.05) is 12.5 Å². The zero-order valence-electron chi connectivity index (χ0n) is 7.07. The van der Waals surface area contributed by atoms with Crippen LogP contribution in [-0.4, -0.2) is 24.6 Å². The van der Waals surface area contributed by atoms with Gasteiger partial charge in [-0.25, -0.2) is 18.4 Å². The molecule has 1 aromatic rings. The van der Waals surface area contributed by atoms with Gasteiger partial charge in [-0.3, -0.25) is 0 Å². The fourth-order valence-corrected chi connectivity index (χ4v) is 1.58. The van der Waals surface area contributed by atoms with E-state index in [-0.39, 0.29) is 11.6 Å². The highest BCUT2D eigenvalue weighted by molar-refractivity contribution is 7.89. The number of aromatic nitrogens is 2. The van der Waals surface area contributed by atoms with E-state index in [4.69, 9.17) is 11.6 Å². The molecule has 0 aromatic carbocycles. The molecule has 0 spiro atoms. The molecule has 0 saturated carbocycles. The van der Waals surface area contributed by atoms with Crippen molar-refractivity contribution < 1.29 is 8.42 Å². The summed E-state index contributed by atoms with van der Waals surface area (Å²) in [6.07, 6.45) is 2.65. The lowest BCUT2D eigenvalue weighted by molar-refractivity contribution is 0.599. The second-order valence-corrected chi connectivity index (χ2v) is 5.08. The molecule has 0 amide bonds. The van der Waals surface area contributed by atoms with Gasteiger partial charge in [0.25, 0.3) is 0 Å². The number of rotatable bonds is 3. The molecule has 6 heteroatoms. The molecule has 0 aliphatic heterocycles. The van der Waals surface area contributed by atoms with Crippen molar-refractivity contribution in [2.24, 2.45) is 0 Å². The van der Waals surface area contributed by atoms with Crippen LogP contribution in [0.25, 0.3) is 0 Å². The van der Waals surface area contributed by atoms with Gasteiger partial charge in [0.1, 0.15) is 11.6 Å². The van der Waals surface area contributed by atoms with E-state index in [1.807, 2.05) is 0 Å². The number of hydrogen-bond donors (Lipinski definition) is 0. The van der Waals surface area contributed by atoms with Crippen LogP contribution in [0.4, 0.5) is 0 Å². The first-order valence-electron chi connectivity index (χ1n) is 3.56. The third-order valence-electron chi connectivity index (χ3n) is 1.29. The monoisotopic (exact) mass is 220 g/mol. The van der Waals surface area contributed by atoms with E-state index in [1.165, 1.54) is 6.20 Å². The average molecular weight is 221 g/mol. The van der Waals surface area contributed by atoms with Gasteiger partial charge in [-0.2, -0.15) is 0 Å². The summed E-state index contributed by atoms with van der Waals surface area (Å²) in [6.45, 7) is 0. The molecule has 4 nitrogen and oxygen atoms in total. The molecule has 1 heterocycles. The van der Waals surface area contributed by atoms with Crippen LogP contribution in [-0.2, 0) is 21.5 Å². The van der Waals surface area contributed by atoms with Crippen LogP contribution < -0.4 is 0 Å². The Bertz CT molecular complexity index is 391. The molecular weight excluding hydrogens is 212 g/mol. The first kappa shape index (κ1) is 10.4. The highest BCUT2D eigenvalue weighted by Crippen LogP contribution is 2.02. The lowest BCUT2D eigenvalue weighted by Gasteiger charge is -1.99. The minimum absolute atomic E-state index is 0.141. The first-order chi connectivity index (χ1) is 6.01. The van der Waals surface area contributed by atoms with Crippen LogP contribution in [0, 0.1) is 0 Å². The van der Waals surface area contributed by atoms with Crippen molar-refractivity contribution in [3.63, 3.8) is 0 Å². The van der Waals surface area contributed by atoms with Gasteiger partial charge in [0.15, 0.2) is 9.84 Å². The molecule has 0 aliphatic carbocycles. The van der Waals surface area contributed by atoms with Gasteiger partial charge in [0.05, 0.1) is 11.6 Å². The van der Waals surface area contributed by atoms with Gasteiger partial charge in [-0.15, -0.1) is 11.6 Å². The summed E-state index contributed by atoms with van der Waals surface area (Å²) in [7, 11) is -3.07. The summed E-state index contributed by atoms with van der Waals surface area (Å²) >= 11 is 5.53. The maximum absolute atomic E-state index is 10.9. The van der Waals surface area contributed by atoms with Crippen LogP contribution in [0.3, 0.4) is 0 Å². The van der Waals surface area contributed by atoms with Crippen molar-refractivity contribution in [3.05, 3.63) is 23.8 Å². The Morgan fingerprint density at radius 3 is 2.77 bits per heavy atom. The highest BCUT2D eigenvalue weighted by atomic mass is 35.5. The third-order valence-corrected chi connectivity index (χ3v) is 2.35. The summed E-state index contributed by atoms with van der Waals surface area (Å²) < 4.78 is 21.8. The molecule has 13 heavy (non-hydrogen) atoms. The normalized spacial score (nSPS) is 11.5.